The number of rotatable bonds is 10. The van der Waals surface area contributed by atoms with Crippen LogP contribution in [0.5, 0.6) is 0 Å². The standard InChI is InChI=1S/C20H34N4O4/c1-7-9-12-24(18(26)10-11-19(27)28-8-2)14-17(25)21-16-13-15(20(3,4)5)22-23(16)6/h13H,7-12,14H2,1-6H3,(H,21,25). The van der Waals surface area contributed by atoms with Gasteiger partial charge in [0.1, 0.15) is 5.82 Å². The minimum atomic E-state index is -0.402. The van der Waals surface area contributed by atoms with Gasteiger partial charge in [-0.05, 0) is 13.3 Å². The summed E-state index contributed by atoms with van der Waals surface area (Å²) in [6, 6.07) is 1.84. The molecule has 0 aliphatic heterocycles. The zero-order valence-electron chi connectivity index (χ0n) is 18.0. The predicted octanol–water partition coefficient (Wildman–Crippen LogP) is 2.63. The van der Waals surface area contributed by atoms with Crippen LogP contribution in [0.1, 0.15) is 66.0 Å². The van der Waals surface area contributed by atoms with Gasteiger partial charge in [0, 0.05) is 31.5 Å². The van der Waals surface area contributed by atoms with Gasteiger partial charge in [-0.15, -0.1) is 0 Å². The summed E-state index contributed by atoms with van der Waals surface area (Å²) >= 11 is 0. The lowest BCUT2D eigenvalue weighted by molar-refractivity contribution is -0.145. The number of anilines is 1. The van der Waals surface area contributed by atoms with E-state index in [0.29, 0.717) is 12.4 Å². The van der Waals surface area contributed by atoms with Crippen molar-refractivity contribution in [2.45, 2.75) is 65.7 Å². The molecule has 0 aromatic carbocycles. The van der Waals surface area contributed by atoms with Crippen molar-refractivity contribution in [3.63, 3.8) is 0 Å². The summed E-state index contributed by atoms with van der Waals surface area (Å²) in [4.78, 5) is 38.0. The maximum absolute atomic E-state index is 12.5. The number of hydrogen-bond acceptors (Lipinski definition) is 5. The largest absolute Gasteiger partial charge is 0.466 e. The third-order valence-corrected chi connectivity index (χ3v) is 4.23. The molecule has 0 unspecified atom stereocenters. The number of carbonyl (C=O) groups is 3. The summed E-state index contributed by atoms with van der Waals surface area (Å²) < 4.78 is 6.48. The lowest BCUT2D eigenvalue weighted by Gasteiger charge is -2.22. The zero-order valence-corrected chi connectivity index (χ0v) is 18.0. The van der Waals surface area contributed by atoms with Gasteiger partial charge in [0.15, 0.2) is 0 Å². The van der Waals surface area contributed by atoms with Gasteiger partial charge in [-0.25, -0.2) is 0 Å². The summed E-state index contributed by atoms with van der Waals surface area (Å²) in [6.07, 6.45) is 1.75. The number of aryl methyl sites for hydroxylation is 1. The van der Waals surface area contributed by atoms with E-state index in [1.807, 2.05) is 13.0 Å². The zero-order chi connectivity index (χ0) is 21.3. The number of carbonyl (C=O) groups excluding carboxylic acids is 3. The Bertz CT molecular complexity index is 676. The smallest absolute Gasteiger partial charge is 0.306 e. The fourth-order valence-electron chi connectivity index (χ4n) is 2.55. The predicted molar refractivity (Wildman–Crippen MR) is 108 cm³/mol. The van der Waals surface area contributed by atoms with Crippen molar-refractivity contribution in [2.75, 3.05) is 25.0 Å². The molecule has 0 aliphatic carbocycles. The number of hydrogen-bond donors (Lipinski definition) is 1. The molecule has 0 saturated heterocycles. The highest BCUT2D eigenvalue weighted by molar-refractivity contribution is 5.94. The summed E-state index contributed by atoms with van der Waals surface area (Å²) in [5.74, 6) is -0.328. The average Bonchev–Trinajstić information content (AvgIpc) is 2.97. The van der Waals surface area contributed by atoms with Gasteiger partial charge >= 0.3 is 5.97 Å². The number of amides is 2. The van der Waals surface area contributed by atoms with Crippen LogP contribution in [0.15, 0.2) is 6.07 Å². The van der Waals surface area contributed by atoms with Crippen molar-refractivity contribution in [1.29, 1.82) is 0 Å². The van der Waals surface area contributed by atoms with Crippen molar-refractivity contribution in [3.8, 4) is 0 Å². The quantitative estimate of drug-likeness (QED) is 0.616. The second-order valence-electron chi connectivity index (χ2n) is 7.81. The fraction of sp³-hybridized carbons (Fsp3) is 0.700. The van der Waals surface area contributed by atoms with Crippen LogP contribution in [0.25, 0.3) is 0 Å². The molecule has 28 heavy (non-hydrogen) atoms. The monoisotopic (exact) mass is 394 g/mol. The van der Waals surface area contributed by atoms with Gasteiger partial charge in [-0.3, -0.25) is 19.1 Å². The number of esters is 1. The van der Waals surface area contributed by atoms with Crippen molar-refractivity contribution >= 4 is 23.6 Å². The van der Waals surface area contributed by atoms with Gasteiger partial charge in [0.2, 0.25) is 11.8 Å². The van der Waals surface area contributed by atoms with Crippen LogP contribution in [0.3, 0.4) is 0 Å². The van der Waals surface area contributed by atoms with Crippen LogP contribution in [-0.4, -0.2) is 52.2 Å². The lowest BCUT2D eigenvalue weighted by atomic mass is 9.92. The second kappa shape index (κ2) is 10.8. The Kier molecular flexibility index (Phi) is 9.15. The highest BCUT2D eigenvalue weighted by atomic mass is 16.5. The first-order chi connectivity index (χ1) is 13.1. The summed E-state index contributed by atoms with van der Waals surface area (Å²) in [7, 11) is 1.77. The van der Waals surface area contributed by atoms with E-state index in [0.717, 1.165) is 18.5 Å². The van der Waals surface area contributed by atoms with Gasteiger partial charge in [0.05, 0.1) is 25.3 Å². The van der Waals surface area contributed by atoms with Crippen molar-refractivity contribution in [3.05, 3.63) is 11.8 Å². The molecule has 8 heteroatoms. The number of aromatic nitrogens is 2. The Morgan fingerprint density at radius 3 is 2.43 bits per heavy atom. The number of nitrogens with zero attached hydrogens (tertiary/aromatic N) is 3. The molecule has 1 aromatic heterocycles. The van der Waals surface area contributed by atoms with Gasteiger partial charge in [-0.1, -0.05) is 34.1 Å². The molecule has 0 bridgehead atoms. The molecule has 158 valence electrons. The van der Waals surface area contributed by atoms with E-state index < -0.39 is 5.97 Å². The minimum Gasteiger partial charge on any atom is -0.466 e. The van der Waals surface area contributed by atoms with E-state index in [1.165, 1.54) is 4.90 Å². The SMILES string of the molecule is CCCCN(CC(=O)Nc1cc(C(C)(C)C)nn1C)C(=O)CCC(=O)OCC. The Morgan fingerprint density at radius 2 is 1.89 bits per heavy atom. The van der Waals surface area contributed by atoms with E-state index in [1.54, 1.807) is 18.7 Å². The van der Waals surface area contributed by atoms with Crippen molar-refractivity contribution in [2.24, 2.45) is 7.05 Å². The summed E-state index contributed by atoms with van der Waals surface area (Å²) in [6.45, 7) is 10.6. The van der Waals surface area contributed by atoms with Crippen LogP contribution >= 0.6 is 0 Å². The van der Waals surface area contributed by atoms with Crippen molar-refractivity contribution in [1.82, 2.24) is 14.7 Å². The third kappa shape index (κ3) is 7.70. The molecule has 2 amide bonds. The van der Waals surface area contributed by atoms with Crippen LogP contribution in [-0.2, 0) is 31.6 Å². The molecule has 0 spiro atoms. The van der Waals surface area contributed by atoms with Crippen LogP contribution in [0.2, 0.25) is 0 Å². The fourth-order valence-corrected chi connectivity index (χ4v) is 2.55. The molecular weight excluding hydrogens is 360 g/mol. The first-order valence-corrected chi connectivity index (χ1v) is 9.86. The van der Waals surface area contributed by atoms with Crippen molar-refractivity contribution < 1.29 is 19.1 Å². The molecular formula is C20H34N4O4. The average molecular weight is 395 g/mol. The number of nitrogens with one attached hydrogen (secondary N) is 1. The Labute approximate surface area is 167 Å². The molecule has 8 nitrogen and oxygen atoms in total. The molecule has 1 rings (SSSR count). The molecule has 0 atom stereocenters. The normalized spacial score (nSPS) is 11.2. The van der Waals surface area contributed by atoms with E-state index in [2.05, 4.69) is 31.2 Å². The Morgan fingerprint density at radius 1 is 1.21 bits per heavy atom. The highest BCUT2D eigenvalue weighted by Crippen LogP contribution is 2.23. The second-order valence-corrected chi connectivity index (χ2v) is 7.81. The molecule has 0 radical (unpaired) electrons. The Balaban J connectivity index is 2.72. The lowest BCUT2D eigenvalue weighted by Crippen LogP contribution is -2.39. The van der Waals surface area contributed by atoms with Gasteiger partial charge < -0.3 is 15.0 Å². The Hall–Kier alpha value is -2.38. The molecule has 1 aromatic rings. The maximum atomic E-state index is 12.5. The van der Waals surface area contributed by atoms with Gasteiger partial charge in [0.25, 0.3) is 0 Å². The minimum absolute atomic E-state index is 0.0214. The molecule has 0 aliphatic rings. The molecule has 1 N–H and O–H groups in total. The third-order valence-electron chi connectivity index (χ3n) is 4.23. The molecule has 1 heterocycles. The summed E-state index contributed by atoms with van der Waals surface area (Å²) in [5.41, 5.74) is 0.746. The van der Waals surface area contributed by atoms with Gasteiger partial charge in [-0.2, -0.15) is 5.10 Å². The highest BCUT2D eigenvalue weighted by Gasteiger charge is 2.22. The maximum Gasteiger partial charge on any atom is 0.306 e. The van der Waals surface area contributed by atoms with E-state index in [-0.39, 0.29) is 43.2 Å². The van der Waals surface area contributed by atoms with E-state index in [9.17, 15) is 14.4 Å². The first-order valence-electron chi connectivity index (χ1n) is 9.86. The topological polar surface area (TPSA) is 93.5 Å². The van der Waals surface area contributed by atoms with Crippen LogP contribution in [0, 0.1) is 0 Å². The number of ether oxygens (including phenoxy) is 1. The molecule has 0 fully saturated rings. The van der Waals surface area contributed by atoms with E-state index in [4.69, 9.17) is 4.74 Å². The summed E-state index contributed by atoms with van der Waals surface area (Å²) in [5, 5.41) is 7.26. The molecule has 0 saturated carbocycles. The first kappa shape index (κ1) is 23.7. The number of unbranched alkanes of at least 4 members (excludes halogenated alkanes) is 1. The van der Waals surface area contributed by atoms with E-state index >= 15 is 0 Å². The van der Waals surface area contributed by atoms with Crippen LogP contribution < -0.4 is 5.32 Å². The van der Waals surface area contributed by atoms with Crippen LogP contribution in [0.4, 0.5) is 5.82 Å².